The maximum atomic E-state index is 11.8. The Bertz CT molecular complexity index is 437. The SMILES string of the molecule is COc1cc(C(=O)NCCN2CC(C)CC(C)C2)on1. The van der Waals surface area contributed by atoms with Crippen molar-refractivity contribution in [1.82, 2.24) is 15.4 Å². The Kier molecular flexibility index (Phi) is 5.00. The van der Waals surface area contributed by atoms with Gasteiger partial charge in [-0.2, -0.15) is 0 Å². The van der Waals surface area contributed by atoms with Gasteiger partial charge in [-0.25, -0.2) is 0 Å². The molecule has 1 aliphatic heterocycles. The van der Waals surface area contributed by atoms with Crippen LogP contribution >= 0.6 is 0 Å². The molecule has 1 aromatic heterocycles. The van der Waals surface area contributed by atoms with E-state index in [-0.39, 0.29) is 11.7 Å². The zero-order valence-corrected chi connectivity index (χ0v) is 12.4. The lowest BCUT2D eigenvalue weighted by Gasteiger charge is -2.34. The van der Waals surface area contributed by atoms with E-state index in [0.29, 0.717) is 12.4 Å². The number of hydrogen-bond donors (Lipinski definition) is 1. The van der Waals surface area contributed by atoms with Gasteiger partial charge in [0.05, 0.1) is 13.2 Å². The highest BCUT2D eigenvalue weighted by Gasteiger charge is 2.21. The van der Waals surface area contributed by atoms with Crippen LogP contribution in [0.1, 0.15) is 30.8 Å². The molecule has 2 heterocycles. The smallest absolute Gasteiger partial charge is 0.290 e. The van der Waals surface area contributed by atoms with Crippen molar-refractivity contribution in [3.8, 4) is 5.88 Å². The molecular formula is C14H23N3O3. The number of methoxy groups -OCH3 is 1. The van der Waals surface area contributed by atoms with Gasteiger partial charge in [-0.1, -0.05) is 13.8 Å². The first kappa shape index (κ1) is 14.8. The van der Waals surface area contributed by atoms with Crippen LogP contribution in [-0.4, -0.2) is 49.3 Å². The third-order valence-corrected chi connectivity index (χ3v) is 3.58. The third-order valence-electron chi connectivity index (χ3n) is 3.58. The Morgan fingerprint density at radius 3 is 2.80 bits per heavy atom. The van der Waals surface area contributed by atoms with Gasteiger partial charge in [0, 0.05) is 26.2 Å². The summed E-state index contributed by atoms with van der Waals surface area (Å²) in [6.07, 6.45) is 1.29. The average molecular weight is 281 g/mol. The summed E-state index contributed by atoms with van der Waals surface area (Å²) >= 11 is 0. The number of likely N-dealkylation sites (tertiary alicyclic amines) is 1. The molecule has 0 spiro atoms. The number of amides is 1. The number of hydrogen-bond acceptors (Lipinski definition) is 5. The molecule has 2 rings (SSSR count). The molecule has 20 heavy (non-hydrogen) atoms. The van der Waals surface area contributed by atoms with Gasteiger partial charge in [0.1, 0.15) is 0 Å². The summed E-state index contributed by atoms with van der Waals surface area (Å²) < 4.78 is 9.77. The van der Waals surface area contributed by atoms with Crippen LogP contribution in [0.3, 0.4) is 0 Å². The zero-order valence-electron chi connectivity index (χ0n) is 12.4. The molecule has 1 aliphatic rings. The van der Waals surface area contributed by atoms with Crippen LogP contribution in [0.25, 0.3) is 0 Å². The van der Waals surface area contributed by atoms with E-state index in [2.05, 4.69) is 29.2 Å². The summed E-state index contributed by atoms with van der Waals surface area (Å²) in [4.78, 5) is 14.2. The number of piperidine rings is 1. The van der Waals surface area contributed by atoms with Crippen LogP contribution in [0, 0.1) is 11.8 Å². The summed E-state index contributed by atoms with van der Waals surface area (Å²) in [6.45, 7) is 8.25. The second-order valence-corrected chi connectivity index (χ2v) is 5.70. The van der Waals surface area contributed by atoms with Gasteiger partial charge in [-0.3, -0.25) is 4.79 Å². The second kappa shape index (κ2) is 6.74. The monoisotopic (exact) mass is 281 g/mol. The van der Waals surface area contributed by atoms with Crippen molar-refractivity contribution >= 4 is 5.91 Å². The predicted molar refractivity (Wildman–Crippen MR) is 74.8 cm³/mol. The molecule has 1 saturated heterocycles. The van der Waals surface area contributed by atoms with E-state index in [4.69, 9.17) is 9.26 Å². The average Bonchev–Trinajstić information content (AvgIpc) is 2.86. The minimum atomic E-state index is -0.251. The molecule has 1 N–H and O–H groups in total. The summed E-state index contributed by atoms with van der Waals surface area (Å²) in [5, 5.41) is 6.45. The lowest BCUT2D eigenvalue weighted by atomic mass is 9.92. The Morgan fingerprint density at radius 1 is 1.50 bits per heavy atom. The van der Waals surface area contributed by atoms with E-state index in [1.807, 2.05) is 0 Å². The minimum absolute atomic E-state index is 0.183. The first-order valence-corrected chi connectivity index (χ1v) is 7.09. The van der Waals surface area contributed by atoms with Crippen LogP contribution in [0.2, 0.25) is 0 Å². The maximum Gasteiger partial charge on any atom is 0.290 e. The molecule has 1 amide bonds. The lowest BCUT2D eigenvalue weighted by Crippen LogP contribution is -2.42. The van der Waals surface area contributed by atoms with Crippen LogP contribution in [0.15, 0.2) is 10.6 Å². The molecule has 1 aromatic rings. The van der Waals surface area contributed by atoms with Gasteiger partial charge in [-0.05, 0) is 23.4 Å². The molecule has 112 valence electrons. The van der Waals surface area contributed by atoms with Crippen LogP contribution in [0.5, 0.6) is 5.88 Å². The second-order valence-electron chi connectivity index (χ2n) is 5.70. The quantitative estimate of drug-likeness (QED) is 0.883. The Hall–Kier alpha value is -1.56. The number of nitrogens with zero attached hydrogens (tertiary/aromatic N) is 2. The lowest BCUT2D eigenvalue weighted by molar-refractivity contribution is 0.0900. The topological polar surface area (TPSA) is 67.6 Å². The van der Waals surface area contributed by atoms with E-state index in [0.717, 1.165) is 31.5 Å². The number of aromatic nitrogens is 1. The van der Waals surface area contributed by atoms with Gasteiger partial charge >= 0.3 is 0 Å². The molecule has 0 aromatic carbocycles. The number of nitrogens with one attached hydrogen (secondary N) is 1. The van der Waals surface area contributed by atoms with E-state index in [1.54, 1.807) is 0 Å². The van der Waals surface area contributed by atoms with Crippen molar-refractivity contribution in [2.75, 3.05) is 33.3 Å². The van der Waals surface area contributed by atoms with Gasteiger partial charge in [-0.15, -0.1) is 0 Å². The normalized spacial score (nSPS) is 23.6. The molecule has 0 aliphatic carbocycles. The van der Waals surface area contributed by atoms with Gasteiger partial charge in [0.2, 0.25) is 5.76 Å². The number of ether oxygens (including phenoxy) is 1. The van der Waals surface area contributed by atoms with Crippen molar-refractivity contribution in [2.45, 2.75) is 20.3 Å². The van der Waals surface area contributed by atoms with Crippen LogP contribution < -0.4 is 10.1 Å². The Balaban J connectivity index is 1.73. The first-order valence-electron chi connectivity index (χ1n) is 7.09. The van der Waals surface area contributed by atoms with Crippen molar-refractivity contribution in [1.29, 1.82) is 0 Å². The highest BCUT2D eigenvalue weighted by Crippen LogP contribution is 2.20. The predicted octanol–water partition coefficient (Wildman–Crippen LogP) is 1.39. The number of rotatable bonds is 5. The standard InChI is InChI=1S/C14H23N3O3/c1-10-6-11(2)9-17(8-10)5-4-15-14(18)12-7-13(19-3)16-20-12/h7,10-11H,4-6,8-9H2,1-3H3,(H,15,18). The van der Waals surface area contributed by atoms with Gasteiger partial charge in [0.15, 0.2) is 0 Å². The fraction of sp³-hybridized carbons (Fsp3) is 0.714. The van der Waals surface area contributed by atoms with Crippen molar-refractivity contribution in [3.05, 3.63) is 11.8 Å². The zero-order chi connectivity index (χ0) is 14.5. The summed E-state index contributed by atoms with van der Waals surface area (Å²) in [6, 6.07) is 1.49. The molecule has 6 heteroatoms. The Labute approximate surface area is 119 Å². The largest absolute Gasteiger partial charge is 0.479 e. The third kappa shape index (κ3) is 3.96. The van der Waals surface area contributed by atoms with E-state index >= 15 is 0 Å². The highest BCUT2D eigenvalue weighted by molar-refractivity contribution is 5.91. The van der Waals surface area contributed by atoms with Gasteiger partial charge in [0.25, 0.3) is 11.8 Å². The van der Waals surface area contributed by atoms with Crippen LogP contribution in [0.4, 0.5) is 0 Å². The van der Waals surface area contributed by atoms with Crippen molar-refractivity contribution in [3.63, 3.8) is 0 Å². The molecule has 1 fully saturated rings. The molecular weight excluding hydrogens is 258 g/mol. The molecule has 2 unspecified atom stereocenters. The molecule has 0 saturated carbocycles. The van der Waals surface area contributed by atoms with Crippen molar-refractivity contribution < 1.29 is 14.1 Å². The number of carbonyl (C=O) groups excluding carboxylic acids is 1. The molecule has 0 bridgehead atoms. The first-order chi connectivity index (χ1) is 9.58. The summed E-state index contributed by atoms with van der Waals surface area (Å²) in [5.41, 5.74) is 0. The van der Waals surface area contributed by atoms with Crippen LogP contribution in [-0.2, 0) is 0 Å². The minimum Gasteiger partial charge on any atom is -0.479 e. The summed E-state index contributed by atoms with van der Waals surface area (Å²) in [5.74, 6) is 1.70. The molecule has 6 nitrogen and oxygen atoms in total. The Morgan fingerprint density at radius 2 is 2.20 bits per heavy atom. The van der Waals surface area contributed by atoms with Crippen molar-refractivity contribution in [2.24, 2.45) is 11.8 Å². The van der Waals surface area contributed by atoms with E-state index in [1.165, 1.54) is 19.6 Å². The fourth-order valence-electron chi connectivity index (χ4n) is 2.85. The highest BCUT2D eigenvalue weighted by atomic mass is 16.5. The molecule has 0 radical (unpaired) electrons. The van der Waals surface area contributed by atoms with Gasteiger partial charge < -0.3 is 19.5 Å². The number of carbonyl (C=O) groups is 1. The fourth-order valence-corrected chi connectivity index (χ4v) is 2.85. The summed E-state index contributed by atoms with van der Waals surface area (Å²) in [7, 11) is 1.48. The maximum absolute atomic E-state index is 11.8. The van der Waals surface area contributed by atoms with E-state index < -0.39 is 0 Å². The molecule has 2 atom stereocenters. The van der Waals surface area contributed by atoms with E-state index in [9.17, 15) is 4.79 Å².